The largest absolute Gasteiger partial charge is 0.399 e. The van der Waals surface area contributed by atoms with Gasteiger partial charge in [0.2, 0.25) is 0 Å². The van der Waals surface area contributed by atoms with Crippen LogP contribution in [0.15, 0.2) is 18.2 Å². The second-order valence-corrected chi connectivity index (χ2v) is 5.60. The highest BCUT2D eigenvalue weighted by Gasteiger charge is 2.51. The molecular formula is C14H16N4O3. The normalized spacial score (nSPS) is 24.3. The van der Waals surface area contributed by atoms with Gasteiger partial charge in [-0.3, -0.25) is 14.9 Å². The van der Waals surface area contributed by atoms with Crippen molar-refractivity contribution in [3.05, 3.63) is 29.3 Å². The number of nitrogen functional groups attached to an aromatic ring is 1. The lowest BCUT2D eigenvalue weighted by Crippen LogP contribution is -2.49. The number of benzene rings is 1. The Morgan fingerprint density at radius 2 is 2.10 bits per heavy atom. The number of nitrogens with zero attached hydrogens (tertiary/aromatic N) is 1. The number of carbonyl (C=O) groups is 3. The molecule has 2 saturated heterocycles. The van der Waals surface area contributed by atoms with Gasteiger partial charge in [-0.15, -0.1) is 0 Å². The highest BCUT2D eigenvalue weighted by Crippen LogP contribution is 2.26. The molecule has 2 aliphatic heterocycles. The monoisotopic (exact) mass is 288 g/mol. The standard InChI is InChI=1S/C14H16N4O3/c1-8-4-9(6-10(15)5-8)11(19)18-3-2-14(7-18)12(20)16-13(21)17-14/h4-6H,2-3,7,15H2,1H3,(H2,16,17,20,21). The molecule has 2 heterocycles. The molecule has 1 aromatic carbocycles. The van der Waals surface area contributed by atoms with Crippen LogP contribution in [0.1, 0.15) is 22.3 Å². The SMILES string of the molecule is Cc1cc(N)cc(C(=O)N2CCC3(C2)NC(=O)NC3=O)c1. The highest BCUT2D eigenvalue weighted by atomic mass is 16.2. The molecule has 1 unspecified atom stereocenters. The Hall–Kier alpha value is -2.57. The lowest BCUT2D eigenvalue weighted by Gasteiger charge is -2.21. The van der Waals surface area contributed by atoms with E-state index in [9.17, 15) is 14.4 Å². The summed E-state index contributed by atoms with van der Waals surface area (Å²) in [6.07, 6.45) is 0.414. The number of hydrogen-bond acceptors (Lipinski definition) is 4. The first-order valence-corrected chi connectivity index (χ1v) is 6.70. The lowest BCUT2D eigenvalue weighted by molar-refractivity contribution is -0.123. The number of imide groups is 1. The maximum atomic E-state index is 12.5. The van der Waals surface area contributed by atoms with Crippen molar-refractivity contribution in [1.29, 1.82) is 0 Å². The van der Waals surface area contributed by atoms with Crippen LogP contribution in [0, 0.1) is 6.92 Å². The molecule has 21 heavy (non-hydrogen) atoms. The van der Waals surface area contributed by atoms with Gasteiger partial charge in [-0.25, -0.2) is 4.79 Å². The van der Waals surface area contributed by atoms with Crippen LogP contribution in [0.3, 0.4) is 0 Å². The van der Waals surface area contributed by atoms with Crippen LogP contribution in [0.5, 0.6) is 0 Å². The second kappa shape index (κ2) is 4.47. The van der Waals surface area contributed by atoms with E-state index in [0.717, 1.165) is 5.56 Å². The predicted molar refractivity (Wildman–Crippen MR) is 75.5 cm³/mol. The van der Waals surface area contributed by atoms with Crippen molar-refractivity contribution in [2.24, 2.45) is 0 Å². The predicted octanol–water partition coefficient (Wildman–Crippen LogP) is 0.00132. The number of amides is 4. The number of nitrogens with two attached hydrogens (primary N) is 1. The fourth-order valence-electron chi connectivity index (χ4n) is 2.92. The summed E-state index contributed by atoms with van der Waals surface area (Å²) in [6.45, 7) is 2.46. The van der Waals surface area contributed by atoms with Crippen molar-refractivity contribution in [2.75, 3.05) is 18.8 Å². The number of nitrogens with one attached hydrogen (secondary N) is 2. The summed E-state index contributed by atoms with van der Waals surface area (Å²) >= 11 is 0. The van der Waals surface area contributed by atoms with Crippen LogP contribution in [0.4, 0.5) is 10.5 Å². The second-order valence-electron chi connectivity index (χ2n) is 5.60. The highest BCUT2D eigenvalue weighted by molar-refractivity contribution is 6.08. The Morgan fingerprint density at radius 3 is 2.71 bits per heavy atom. The molecule has 4 amide bonds. The number of aryl methyl sites for hydroxylation is 1. The van der Waals surface area contributed by atoms with Crippen molar-refractivity contribution in [3.8, 4) is 0 Å². The van der Waals surface area contributed by atoms with Gasteiger partial charge in [-0.2, -0.15) is 0 Å². The Kier molecular flexibility index (Phi) is 2.86. The van der Waals surface area contributed by atoms with Crippen LogP contribution in [0.2, 0.25) is 0 Å². The lowest BCUT2D eigenvalue weighted by atomic mass is 9.99. The van der Waals surface area contributed by atoms with E-state index in [1.54, 1.807) is 23.1 Å². The minimum atomic E-state index is -0.984. The Bertz CT molecular complexity index is 637. The number of anilines is 1. The van der Waals surface area contributed by atoms with E-state index in [4.69, 9.17) is 5.73 Å². The summed E-state index contributed by atoms with van der Waals surface area (Å²) in [5, 5.41) is 4.84. The molecule has 1 spiro atoms. The fourth-order valence-corrected chi connectivity index (χ4v) is 2.92. The molecule has 0 bridgehead atoms. The molecule has 0 aliphatic carbocycles. The molecule has 3 rings (SSSR count). The van der Waals surface area contributed by atoms with Gasteiger partial charge >= 0.3 is 6.03 Å². The van der Waals surface area contributed by atoms with E-state index >= 15 is 0 Å². The summed E-state index contributed by atoms with van der Waals surface area (Å²) in [5.41, 5.74) is 6.70. The first-order valence-electron chi connectivity index (χ1n) is 6.70. The first kappa shape index (κ1) is 13.4. The van der Waals surface area contributed by atoms with Gasteiger partial charge in [0.25, 0.3) is 11.8 Å². The number of rotatable bonds is 1. The van der Waals surface area contributed by atoms with E-state index in [1.807, 2.05) is 6.92 Å². The van der Waals surface area contributed by atoms with Gasteiger partial charge in [0.05, 0.1) is 6.54 Å². The third kappa shape index (κ3) is 2.20. The molecular weight excluding hydrogens is 272 g/mol. The van der Waals surface area contributed by atoms with Crippen LogP contribution >= 0.6 is 0 Å². The quantitative estimate of drug-likeness (QED) is 0.500. The van der Waals surface area contributed by atoms with E-state index in [-0.39, 0.29) is 18.4 Å². The van der Waals surface area contributed by atoms with Gasteiger partial charge < -0.3 is 16.0 Å². The molecule has 4 N–H and O–H groups in total. The van der Waals surface area contributed by atoms with E-state index in [0.29, 0.717) is 24.2 Å². The molecule has 110 valence electrons. The zero-order chi connectivity index (χ0) is 15.2. The van der Waals surface area contributed by atoms with E-state index in [2.05, 4.69) is 10.6 Å². The third-order valence-electron chi connectivity index (χ3n) is 3.92. The molecule has 0 radical (unpaired) electrons. The van der Waals surface area contributed by atoms with Crippen molar-refractivity contribution >= 4 is 23.5 Å². The van der Waals surface area contributed by atoms with Crippen molar-refractivity contribution in [2.45, 2.75) is 18.9 Å². The van der Waals surface area contributed by atoms with Gasteiger partial charge in [0, 0.05) is 17.8 Å². The molecule has 7 heteroatoms. The average molecular weight is 288 g/mol. The Balaban J connectivity index is 1.81. The topological polar surface area (TPSA) is 105 Å². The number of carbonyl (C=O) groups excluding carboxylic acids is 3. The summed E-state index contributed by atoms with van der Waals surface area (Å²) in [4.78, 5) is 37.2. The van der Waals surface area contributed by atoms with Crippen molar-refractivity contribution in [1.82, 2.24) is 15.5 Å². The van der Waals surface area contributed by atoms with E-state index < -0.39 is 11.6 Å². The number of urea groups is 1. The van der Waals surface area contributed by atoms with Gasteiger partial charge in [0.1, 0.15) is 5.54 Å². The minimum absolute atomic E-state index is 0.178. The maximum Gasteiger partial charge on any atom is 0.322 e. The Morgan fingerprint density at radius 1 is 1.33 bits per heavy atom. The van der Waals surface area contributed by atoms with Crippen molar-refractivity contribution < 1.29 is 14.4 Å². The number of hydrogen-bond donors (Lipinski definition) is 3. The zero-order valence-corrected chi connectivity index (χ0v) is 11.6. The molecule has 7 nitrogen and oxygen atoms in total. The first-order chi connectivity index (χ1) is 9.89. The maximum absolute atomic E-state index is 12.5. The fraction of sp³-hybridized carbons (Fsp3) is 0.357. The van der Waals surface area contributed by atoms with Crippen LogP contribution in [0.25, 0.3) is 0 Å². The molecule has 0 saturated carbocycles. The average Bonchev–Trinajstić information content (AvgIpc) is 2.93. The smallest absolute Gasteiger partial charge is 0.322 e. The van der Waals surface area contributed by atoms with E-state index in [1.165, 1.54) is 0 Å². The third-order valence-corrected chi connectivity index (χ3v) is 3.92. The van der Waals surface area contributed by atoms with Gasteiger partial charge in [-0.1, -0.05) is 0 Å². The molecule has 0 aromatic heterocycles. The van der Waals surface area contributed by atoms with Crippen LogP contribution in [-0.2, 0) is 4.79 Å². The molecule has 2 aliphatic rings. The molecule has 1 aromatic rings. The van der Waals surface area contributed by atoms with Crippen LogP contribution < -0.4 is 16.4 Å². The Labute approximate surface area is 121 Å². The molecule has 1 atom stereocenters. The van der Waals surface area contributed by atoms with Gasteiger partial charge in [-0.05, 0) is 37.1 Å². The summed E-state index contributed by atoms with van der Waals surface area (Å²) in [7, 11) is 0. The summed E-state index contributed by atoms with van der Waals surface area (Å²) < 4.78 is 0. The van der Waals surface area contributed by atoms with Crippen LogP contribution in [-0.4, -0.2) is 41.4 Å². The minimum Gasteiger partial charge on any atom is -0.399 e. The zero-order valence-electron chi connectivity index (χ0n) is 11.6. The summed E-state index contributed by atoms with van der Waals surface area (Å²) in [6, 6.07) is 4.66. The summed E-state index contributed by atoms with van der Waals surface area (Å²) in [5.74, 6) is -0.553. The number of likely N-dealkylation sites (tertiary alicyclic amines) is 1. The van der Waals surface area contributed by atoms with Gasteiger partial charge in [0.15, 0.2) is 0 Å². The molecule has 2 fully saturated rings. The van der Waals surface area contributed by atoms with Crippen molar-refractivity contribution in [3.63, 3.8) is 0 Å².